The van der Waals surface area contributed by atoms with E-state index in [1.807, 2.05) is 0 Å². The Morgan fingerprint density at radius 3 is 2.28 bits per heavy atom. The lowest BCUT2D eigenvalue weighted by atomic mass is 9.92. The normalized spacial score (nSPS) is 18.4. The van der Waals surface area contributed by atoms with Gasteiger partial charge >= 0.3 is 0 Å². The molecule has 1 aromatic rings. The van der Waals surface area contributed by atoms with Crippen LogP contribution < -0.4 is 5.73 Å². The van der Waals surface area contributed by atoms with Gasteiger partial charge in [0.15, 0.2) is 0 Å². The molecule has 0 heterocycles. The van der Waals surface area contributed by atoms with Crippen LogP contribution >= 0.6 is 0 Å². The van der Waals surface area contributed by atoms with Crippen molar-refractivity contribution in [2.24, 2.45) is 11.7 Å². The van der Waals surface area contributed by atoms with Gasteiger partial charge in [0.05, 0.1) is 0 Å². The molecule has 0 aromatic heterocycles. The fraction of sp³-hybridized carbons (Fsp3) is 0.647. The summed E-state index contributed by atoms with van der Waals surface area (Å²) in [7, 11) is 0. The molecule has 1 atom stereocenters. The van der Waals surface area contributed by atoms with Gasteiger partial charge in [0, 0.05) is 6.04 Å². The number of benzene rings is 1. The Hall–Kier alpha value is -0.820. The van der Waals surface area contributed by atoms with Crippen molar-refractivity contribution in [3.8, 4) is 0 Å². The summed E-state index contributed by atoms with van der Waals surface area (Å²) in [6.45, 7) is 4.48. The first-order valence-electron chi connectivity index (χ1n) is 7.51. The van der Waals surface area contributed by atoms with Gasteiger partial charge in [-0.1, -0.05) is 51.0 Å². The predicted octanol–water partition coefficient (Wildman–Crippen LogP) is 4.26. The first-order valence-corrected chi connectivity index (χ1v) is 7.51. The minimum Gasteiger partial charge on any atom is -0.327 e. The number of nitrogens with two attached hydrogens (primary N) is 1. The highest BCUT2D eigenvalue weighted by molar-refractivity contribution is 5.24. The summed E-state index contributed by atoms with van der Waals surface area (Å²) in [5.74, 6) is 1.42. The molecular formula is C17H27N. The third-order valence-corrected chi connectivity index (χ3v) is 4.42. The van der Waals surface area contributed by atoms with E-state index in [1.165, 1.54) is 36.8 Å². The quantitative estimate of drug-likeness (QED) is 0.824. The topological polar surface area (TPSA) is 26.0 Å². The molecule has 1 aromatic carbocycles. The van der Waals surface area contributed by atoms with Crippen LogP contribution in [0.3, 0.4) is 0 Å². The van der Waals surface area contributed by atoms with Crippen LogP contribution in [0.2, 0.25) is 0 Å². The second kappa shape index (κ2) is 6.38. The summed E-state index contributed by atoms with van der Waals surface area (Å²) >= 11 is 0. The van der Waals surface area contributed by atoms with Crippen molar-refractivity contribution in [1.82, 2.24) is 0 Å². The fourth-order valence-electron chi connectivity index (χ4n) is 3.02. The van der Waals surface area contributed by atoms with E-state index in [9.17, 15) is 0 Å². The van der Waals surface area contributed by atoms with Crippen LogP contribution in [0, 0.1) is 5.92 Å². The molecule has 18 heavy (non-hydrogen) atoms. The maximum Gasteiger partial charge on any atom is 0.00703 e. The van der Waals surface area contributed by atoms with Gasteiger partial charge < -0.3 is 5.73 Å². The van der Waals surface area contributed by atoms with Gasteiger partial charge in [-0.3, -0.25) is 0 Å². The summed E-state index contributed by atoms with van der Waals surface area (Å²) < 4.78 is 0. The summed E-state index contributed by atoms with van der Waals surface area (Å²) in [4.78, 5) is 0. The zero-order chi connectivity index (χ0) is 13.0. The lowest BCUT2D eigenvalue weighted by molar-refractivity contribution is 0.410. The SMILES string of the molecule is CC(C)c1ccc(CCC(N)C2CCCC2)cc1. The molecule has 1 nitrogen and oxygen atoms in total. The van der Waals surface area contributed by atoms with E-state index in [2.05, 4.69) is 38.1 Å². The Morgan fingerprint density at radius 2 is 1.72 bits per heavy atom. The zero-order valence-electron chi connectivity index (χ0n) is 11.9. The molecule has 0 amide bonds. The molecule has 1 aliphatic carbocycles. The second-order valence-electron chi connectivity index (χ2n) is 6.14. The Labute approximate surface area is 112 Å². The average molecular weight is 245 g/mol. The smallest absolute Gasteiger partial charge is 0.00703 e. The zero-order valence-corrected chi connectivity index (χ0v) is 11.9. The Balaban J connectivity index is 1.82. The Morgan fingerprint density at radius 1 is 1.11 bits per heavy atom. The average Bonchev–Trinajstić information content (AvgIpc) is 2.90. The van der Waals surface area contributed by atoms with Crippen LogP contribution in [0.25, 0.3) is 0 Å². The lowest BCUT2D eigenvalue weighted by Gasteiger charge is -2.18. The maximum absolute atomic E-state index is 6.30. The molecule has 2 N–H and O–H groups in total. The summed E-state index contributed by atoms with van der Waals surface area (Å²) in [6, 6.07) is 9.49. The van der Waals surface area contributed by atoms with Crippen LogP contribution in [-0.4, -0.2) is 6.04 Å². The Bertz CT molecular complexity index is 346. The molecule has 1 saturated carbocycles. The molecule has 0 aliphatic heterocycles. The number of hydrogen-bond donors (Lipinski definition) is 1. The lowest BCUT2D eigenvalue weighted by Crippen LogP contribution is -2.28. The highest BCUT2D eigenvalue weighted by Crippen LogP contribution is 2.28. The van der Waals surface area contributed by atoms with E-state index in [4.69, 9.17) is 5.73 Å². The molecule has 0 saturated heterocycles. The van der Waals surface area contributed by atoms with E-state index in [-0.39, 0.29) is 0 Å². The number of rotatable bonds is 5. The maximum atomic E-state index is 6.30. The molecule has 0 bridgehead atoms. The first-order chi connectivity index (χ1) is 8.66. The van der Waals surface area contributed by atoms with Gasteiger partial charge in [-0.25, -0.2) is 0 Å². The van der Waals surface area contributed by atoms with E-state index in [1.54, 1.807) is 0 Å². The van der Waals surface area contributed by atoms with Gasteiger partial charge in [-0.05, 0) is 48.6 Å². The van der Waals surface area contributed by atoms with Gasteiger partial charge in [0.25, 0.3) is 0 Å². The van der Waals surface area contributed by atoms with Crippen LogP contribution in [0.1, 0.15) is 63.0 Å². The summed E-state index contributed by atoms with van der Waals surface area (Å²) in [6.07, 6.45) is 7.77. The molecule has 1 aliphatic rings. The van der Waals surface area contributed by atoms with Crippen molar-refractivity contribution in [2.45, 2.75) is 64.3 Å². The third kappa shape index (κ3) is 3.58. The van der Waals surface area contributed by atoms with Crippen molar-refractivity contribution < 1.29 is 0 Å². The first kappa shape index (κ1) is 13.6. The molecule has 1 heteroatoms. The fourth-order valence-corrected chi connectivity index (χ4v) is 3.02. The summed E-state index contributed by atoms with van der Waals surface area (Å²) in [5.41, 5.74) is 9.17. The molecule has 2 rings (SSSR count). The van der Waals surface area contributed by atoms with Crippen LogP contribution in [0.5, 0.6) is 0 Å². The number of hydrogen-bond acceptors (Lipinski definition) is 1. The van der Waals surface area contributed by atoms with Crippen molar-refractivity contribution in [3.05, 3.63) is 35.4 Å². The molecule has 100 valence electrons. The second-order valence-corrected chi connectivity index (χ2v) is 6.14. The highest BCUT2D eigenvalue weighted by Gasteiger charge is 2.21. The summed E-state index contributed by atoms with van der Waals surface area (Å²) in [5, 5.41) is 0. The highest BCUT2D eigenvalue weighted by atomic mass is 14.6. The van der Waals surface area contributed by atoms with E-state index < -0.39 is 0 Å². The monoisotopic (exact) mass is 245 g/mol. The van der Waals surface area contributed by atoms with Crippen LogP contribution in [-0.2, 0) is 6.42 Å². The molecule has 1 fully saturated rings. The van der Waals surface area contributed by atoms with Crippen molar-refractivity contribution in [1.29, 1.82) is 0 Å². The van der Waals surface area contributed by atoms with E-state index >= 15 is 0 Å². The van der Waals surface area contributed by atoms with Gasteiger partial charge in [0.2, 0.25) is 0 Å². The van der Waals surface area contributed by atoms with Gasteiger partial charge in [-0.2, -0.15) is 0 Å². The Kier molecular flexibility index (Phi) is 4.82. The van der Waals surface area contributed by atoms with E-state index in [0.29, 0.717) is 12.0 Å². The molecule has 0 spiro atoms. The van der Waals surface area contributed by atoms with Crippen molar-refractivity contribution in [2.75, 3.05) is 0 Å². The van der Waals surface area contributed by atoms with Gasteiger partial charge in [0.1, 0.15) is 0 Å². The van der Waals surface area contributed by atoms with Crippen molar-refractivity contribution in [3.63, 3.8) is 0 Å². The van der Waals surface area contributed by atoms with Crippen LogP contribution in [0.15, 0.2) is 24.3 Å². The molecular weight excluding hydrogens is 218 g/mol. The molecule has 0 radical (unpaired) electrons. The minimum absolute atomic E-state index is 0.414. The minimum atomic E-state index is 0.414. The predicted molar refractivity (Wildman–Crippen MR) is 78.8 cm³/mol. The van der Waals surface area contributed by atoms with Crippen molar-refractivity contribution >= 4 is 0 Å². The van der Waals surface area contributed by atoms with Crippen LogP contribution in [0.4, 0.5) is 0 Å². The molecule has 1 unspecified atom stereocenters. The van der Waals surface area contributed by atoms with E-state index in [0.717, 1.165) is 18.8 Å². The number of aryl methyl sites for hydroxylation is 1. The third-order valence-electron chi connectivity index (χ3n) is 4.42. The van der Waals surface area contributed by atoms with Gasteiger partial charge in [-0.15, -0.1) is 0 Å². The largest absolute Gasteiger partial charge is 0.327 e. The standard InChI is InChI=1S/C17H27N/c1-13(2)15-10-7-14(8-11-15)9-12-17(18)16-5-3-4-6-16/h7-8,10-11,13,16-17H,3-6,9,12,18H2,1-2H3.